The van der Waals surface area contributed by atoms with Crippen LogP contribution >= 0.6 is 8.53 Å². The van der Waals surface area contributed by atoms with Crippen molar-refractivity contribution in [1.29, 1.82) is 5.26 Å². The van der Waals surface area contributed by atoms with Crippen LogP contribution in [0.2, 0.25) is 18.1 Å². The second kappa shape index (κ2) is 23.3. The second-order valence-corrected chi connectivity index (χ2v) is 26.1. The van der Waals surface area contributed by atoms with Crippen molar-refractivity contribution in [2.24, 2.45) is 5.41 Å². The van der Waals surface area contributed by atoms with E-state index in [0.717, 1.165) is 16.7 Å². The SMILES string of the molecule is COc1ccc(C(OC[C@H]2O[C@@H](CCc3nnn(COC(=O)C(C)(C)C)n3)[C@H](O[Si](C)(C)C(C)(C)C)[C@@H]2OP(OCCC#N)N(C(C)C)C(C)C)(c2ccccc2)c2ccc(OC)cc2)cc1. The Balaban J connectivity index is 1.63. The van der Waals surface area contributed by atoms with Crippen molar-refractivity contribution in [3.63, 3.8) is 0 Å². The van der Waals surface area contributed by atoms with Crippen LogP contribution in [0.4, 0.5) is 0 Å². The number of carbonyl (C=O) groups excluding carboxylic acids is 1. The van der Waals surface area contributed by atoms with Gasteiger partial charge in [-0.1, -0.05) is 75.4 Å². The maximum Gasteiger partial charge on any atom is 0.313 e. The molecule has 5 rings (SSSR count). The molecule has 0 N–H and O–H groups in total. The van der Waals surface area contributed by atoms with Crippen LogP contribution in [-0.4, -0.2) is 103 Å². The molecule has 1 aromatic heterocycles. The first kappa shape index (κ1) is 53.6. The van der Waals surface area contributed by atoms with Gasteiger partial charge in [-0.15, -0.1) is 15.0 Å². The minimum atomic E-state index is -2.52. The average molecular weight is 961 g/mol. The fourth-order valence-electron chi connectivity index (χ4n) is 7.67. The fraction of sp³-hybridized carbons (Fsp3) is 0.580. The summed E-state index contributed by atoms with van der Waals surface area (Å²) >= 11 is 0. The Hall–Kier alpha value is -4.30. The summed E-state index contributed by atoms with van der Waals surface area (Å²) in [6.07, 6.45) is -1.39. The molecular weight excluding hydrogens is 888 g/mol. The maximum absolute atomic E-state index is 12.5. The van der Waals surface area contributed by atoms with Gasteiger partial charge in [-0.25, -0.2) is 4.67 Å². The van der Waals surface area contributed by atoms with E-state index in [1.54, 1.807) is 35.0 Å². The van der Waals surface area contributed by atoms with Gasteiger partial charge in [-0.3, -0.25) is 4.79 Å². The van der Waals surface area contributed by atoms with Gasteiger partial charge in [0, 0.05) is 18.5 Å². The number of aryl methyl sites for hydroxylation is 1. The lowest BCUT2D eigenvalue weighted by Crippen LogP contribution is -2.50. The minimum absolute atomic E-state index is 0.0491. The average Bonchev–Trinajstić information content (AvgIpc) is 3.87. The Morgan fingerprint density at radius 2 is 1.42 bits per heavy atom. The predicted molar refractivity (Wildman–Crippen MR) is 261 cm³/mol. The molecule has 0 radical (unpaired) electrons. The molecule has 1 fully saturated rings. The number of carbonyl (C=O) groups is 1. The lowest BCUT2D eigenvalue weighted by molar-refractivity contribution is -0.157. The molecule has 0 bridgehead atoms. The summed E-state index contributed by atoms with van der Waals surface area (Å²) in [6.45, 7) is 25.1. The molecule has 67 heavy (non-hydrogen) atoms. The number of nitriles is 1. The van der Waals surface area contributed by atoms with Crippen LogP contribution in [0.15, 0.2) is 78.9 Å². The monoisotopic (exact) mass is 960 g/mol. The Morgan fingerprint density at radius 1 is 0.851 bits per heavy atom. The first-order valence-electron chi connectivity index (χ1n) is 23.2. The predicted octanol–water partition coefficient (Wildman–Crippen LogP) is 10.00. The van der Waals surface area contributed by atoms with Crippen molar-refractivity contribution in [2.45, 2.75) is 155 Å². The summed E-state index contributed by atoms with van der Waals surface area (Å²) in [5.74, 6) is 1.53. The third kappa shape index (κ3) is 13.5. The summed E-state index contributed by atoms with van der Waals surface area (Å²) in [7, 11) is -0.967. The van der Waals surface area contributed by atoms with Gasteiger partial charge in [-0.05, 0) is 119 Å². The Morgan fingerprint density at radius 3 is 1.93 bits per heavy atom. The zero-order valence-electron chi connectivity index (χ0n) is 42.0. The molecule has 1 unspecified atom stereocenters. The molecule has 1 saturated heterocycles. The van der Waals surface area contributed by atoms with Crippen molar-refractivity contribution >= 4 is 22.8 Å². The topological polar surface area (TPSA) is 162 Å². The van der Waals surface area contributed by atoms with Gasteiger partial charge in [-0.2, -0.15) is 5.26 Å². The fourth-order valence-corrected chi connectivity index (χ4v) is 10.8. The van der Waals surface area contributed by atoms with E-state index in [1.807, 2.05) is 66.7 Å². The zero-order valence-corrected chi connectivity index (χ0v) is 43.9. The number of methoxy groups -OCH3 is 2. The summed E-state index contributed by atoms with van der Waals surface area (Å²) in [4.78, 5) is 13.8. The number of rotatable bonds is 23. The molecule has 3 aromatic carbocycles. The van der Waals surface area contributed by atoms with Crippen LogP contribution in [-0.2, 0) is 51.2 Å². The highest BCUT2D eigenvalue weighted by molar-refractivity contribution is 7.44. The molecule has 0 saturated carbocycles. The highest BCUT2D eigenvalue weighted by Gasteiger charge is 2.53. The molecule has 0 aliphatic carbocycles. The summed E-state index contributed by atoms with van der Waals surface area (Å²) in [6, 6.07) is 28.3. The highest BCUT2D eigenvalue weighted by Crippen LogP contribution is 2.52. The Kier molecular flexibility index (Phi) is 18.7. The molecule has 5 atom stereocenters. The first-order valence-corrected chi connectivity index (χ1v) is 27.2. The van der Waals surface area contributed by atoms with Gasteiger partial charge in [0.25, 0.3) is 8.53 Å². The zero-order chi connectivity index (χ0) is 49.2. The molecule has 4 aromatic rings. The van der Waals surface area contributed by atoms with E-state index in [2.05, 4.69) is 99.8 Å². The Labute approximate surface area is 400 Å². The molecule has 1 aliphatic rings. The number of ether oxygens (including phenoxy) is 5. The van der Waals surface area contributed by atoms with Crippen molar-refractivity contribution < 1.29 is 42.0 Å². The highest BCUT2D eigenvalue weighted by atomic mass is 31.2. The lowest BCUT2D eigenvalue weighted by Gasteiger charge is -2.42. The maximum atomic E-state index is 12.5. The molecule has 17 heteroatoms. The van der Waals surface area contributed by atoms with E-state index in [4.69, 9.17) is 37.2 Å². The van der Waals surface area contributed by atoms with E-state index < -0.39 is 52.3 Å². The molecule has 1 aliphatic heterocycles. The van der Waals surface area contributed by atoms with E-state index in [1.165, 1.54) is 4.80 Å². The van der Waals surface area contributed by atoms with Crippen LogP contribution in [0.3, 0.4) is 0 Å². The summed E-state index contributed by atoms with van der Waals surface area (Å²) in [5, 5.41) is 22.5. The van der Waals surface area contributed by atoms with Crippen molar-refractivity contribution in [1.82, 2.24) is 24.9 Å². The van der Waals surface area contributed by atoms with E-state index in [0.29, 0.717) is 30.2 Å². The van der Waals surface area contributed by atoms with E-state index in [-0.39, 0.29) is 49.5 Å². The van der Waals surface area contributed by atoms with Crippen molar-refractivity contribution in [3.8, 4) is 17.6 Å². The summed E-state index contributed by atoms with van der Waals surface area (Å²) in [5.41, 5.74) is 0.841. The molecule has 0 spiro atoms. The van der Waals surface area contributed by atoms with Gasteiger partial charge < -0.3 is 37.2 Å². The summed E-state index contributed by atoms with van der Waals surface area (Å²) < 4.78 is 55.0. The van der Waals surface area contributed by atoms with Crippen LogP contribution < -0.4 is 9.47 Å². The largest absolute Gasteiger partial charge is 0.497 e. The quantitative estimate of drug-likeness (QED) is 0.0227. The number of esters is 1. The number of hydrogen-bond acceptors (Lipinski definition) is 14. The van der Waals surface area contributed by atoms with Gasteiger partial charge >= 0.3 is 5.97 Å². The van der Waals surface area contributed by atoms with E-state index in [9.17, 15) is 10.1 Å². The molecule has 15 nitrogen and oxygen atoms in total. The van der Waals surface area contributed by atoms with Gasteiger partial charge in [0.2, 0.25) is 6.73 Å². The number of nitrogens with zero attached hydrogens (tertiary/aromatic N) is 6. The second-order valence-electron chi connectivity index (χ2n) is 19.9. The van der Waals surface area contributed by atoms with Gasteiger partial charge in [0.05, 0.1) is 51.4 Å². The van der Waals surface area contributed by atoms with Crippen molar-refractivity contribution in [2.75, 3.05) is 27.4 Å². The minimum Gasteiger partial charge on any atom is -0.497 e. The normalized spacial score (nSPS) is 18.6. The number of hydrogen-bond donors (Lipinski definition) is 0. The molecule has 366 valence electrons. The van der Waals surface area contributed by atoms with Crippen LogP contribution in [0.1, 0.15) is 105 Å². The van der Waals surface area contributed by atoms with Crippen LogP contribution in [0.5, 0.6) is 11.5 Å². The molecular formula is C50H73N6O9PSi. The lowest BCUT2D eigenvalue weighted by atomic mass is 9.80. The Bertz CT molecular complexity index is 2130. The molecule has 0 amide bonds. The third-order valence-corrected chi connectivity index (χ3v) is 18.8. The van der Waals surface area contributed by atoms with E-state index >= 15 is 0 Å². The molecule has 2 heterocycles. The third-order valence-electron chi connectivity index (χ3n) is 12.2. The number of tetrazole rings is 1. The smallest absolute Gasteiger partial charge is 0.313 e. The van der Waals surface area contributed by atoms with Gasteiger partial charge in [0.15, 0.2) is 14.1 Å². The number of benzene rings is 3. The first-order chi connectivity index (χ1) is 31.6. The van der Waals surface area contributed by atoms with Gasteiger partial charge in [0.1, 0.15) is 35.4 Å². The standard InChI is InChI=1S/C50H73N6O9PSi/c1-35(2)56(36(3)4)66(62-32-18-31-51)64-45-43(33-61-50(37-19-16-15-17-20-37,38-21-25-40(58-11)26-22-38)39-23-27-41(59-12)28-24-39)63-42(46(45)65-67(13,14)49(8,9)10)29-30-44-52-54-55(53-44)34-60-47(57)48(5,6)7/h15-17,19-28,35-36,42-43,45-46H,18,29-30,32-34H2,1-14H3/t42-,43+,45+,46-,66?/m0/s1. The van der Waals surface area contributed by atoms with Crippen LogP contribution in [0.25, 0.3) is 0 Å². The van der Waals surface area contributed by atoms with Crippen molar-refractivity contribution in [3.05, 3.63) is 101 Å². The number of aromatic nitrogens is 4. The van der Waals surface area contributed by atoms with Crippen LogP contribution in [0, 0.1) is 16.7 Å².